The van der Waals surface area contributed by atoms with Crippen LogP contribution in [0.3, 0.4) is 0 Å². The van der Waals surface area contributed by atoms with Crippen LogP contribution in [0.25, 0.3) is 0 Å². The number of hydrogen-bond donors (Lipinski definition) is 1. The first kappa shape index (κ1) is 20.4. The smallest absolute Gasteiger partial charge is 0.399 e. The van der Waals surface area contributed by atoms with Crippen molar-refractivity contribution in [2.24, 2.45) is 0 Å². The summed E-state index contributed by atoms with van der Waals surface area (Å²) >= 11 is 0. The highest BCUT2D eigenvalue weighted by Gasteiger charge is 2.51. The van der Waals surface area contributed by atoms with Crippen molar-refractivity contribution < 1.29 is 17.7 Å². The van der Waals surface area contributed by atoms with Gasteiger partial charge in [-0.2, -0.15) is 0 Å². The molecule has 0 spiro atoms. The van der Waals surface area contributed by atoms with Crippen LogP contribution in [0.4, 0.5) is 0 Å². The van der Waals surface area contributed by atoms with E-state index in [4.69, 9.17) is 9.31 Å². The van der Waals surface area contributed by atoms with Crippen LogP contribution in [0.5, 0.6) is 0 Å². The summed E-state index contributed by atoms with van der Waals surface area (Å²) in [6.07, 6.45) is 0. The molecule has 25 heavy (non-hydrogen) atoms. The molecule has 1 atom stereocenters. The van der Waals surface area contributed by atoms with Gasteiger partial charge in [-0.25, -0.2) is 13.1 Å². The minimum absolute atomic E-state index is 0.0841. The van der Waals surface area contributed by atoms with E-state index in [1.807, 2.05) is 58.9 Å². The topological polar surface area (TPSA) is 64.6 Å². The predicted octanol–water partition coefficient (Wildman–Crippen LogP) is 2.42. The summed E-state index contributed by atoms with van der Waals surface area (Å²) in [7, 11) is -3.62. The van der Waals surface area contributed by atoms with Gasteiger partial charge in [-0.15, -0.1) is 0 Å². The molecule has 2 rings (SSSR count). The Morgan fingerprint density at radius 2 is 1.48 bits per heavy atom. The lowest BCUT2D eigenvalue weighted by molar-refractivity contribution is 0.00578. The molecule has 1 aromatic carbocycles. The Morgan fingerprint density at radius 1 is 1.00 bits per heavy atom. The maximum absolute atomic E-state index is 11.9. The van der Waals surface area contributed by atoms with Crippen LogP contribution in [0.15, 0.2) is 24.3 Å². The summed E-state index contributed by atoms with van der Waals surface area (Å²) in [6.45, 7) is 13.9. The first-order valence-electron chi connectivity index (χ1n) is 8.80. The molecule has 1 heterocycles. The summed E-state index contributed by atoms with van der Waals surface area (Å²) < 4.78 is 38.5. The molecule has 140 valence electrons. The van der Waals surface area contributed by atoms with Gasteiger partial charge in [0.2, 0.25) is 10.0 Å². The van der Waals surface area contributed by atoms with Gasteiger partial charge in [-0.1, -0.05) is 31.2 Å². The van der Waals surface area contributed by atoms with Gasteiger partial charge in [0, 0.05) is 6.54 Å². The third-order valence-corrected chi connectivity index (χ3v) is 7.05. The molecular formula is C18H30BNO4S. The lowest BCUT2D eigenvalue weighted by Crippen LogP contribution is -2.41. The fourth-order valence-electron chi connectivity index (χ4n) is 2.49. The second-order valence-electron chi connectivity index (χ2n) is 8.10. The lowest BCUT2D eigenvalue weighted by Gasteiger charge is -2.32. The highest BCUT2D eigenvalue weighted by atomic mass is 32.2. The molecule has 1 saturated heterocycles. The summed E-state index contributed by atoms with van der Waals surface area (Å²) in [5, 5.41) is -0.426. The van der Waals surface area contributed by atoms with E-state index in [0.717, 1.165) is 11.0 Å². The van der Waals surface area contributed by atoms with E-state index in [2.05, 4.69) is 4.72 Å². The van der Waals surface area contributed by atoms with Crippen molar-refractivity contribution in [1.29, 1.82) is 0 Å². The van der Waals surface area contributed by atoms with Crippen molar-refractivity contribution in [3.05, 3.63) is 29.8 Å². The second kappa shape index (κ2) is 7.03. The number of rotatable bonds is 6. The van der Waals surface area contributed by atoms with E-state index in [0.29, 0.717) is 6.54 Å². The Labute approximate surface area is 152 Å². The van der Waals surface area contributed by atoms with E-state index in [1.54, 1.807) is 13.8 Å². The Hall–Kier alpha value is -0.885. The zero-order chi connectivity index (χ0) is 19.0. The van der Waals surface area contributed by atoms with E-state index in [9.17, 15) is 8.42 Å². The SMILES string of the molecule is CC(CNS(=O)(=O)C(C)C)c1ccc(B2OC(C)(C)C(C)(C)O2)cc1. The summed E-state index contributed by atoms with van der Waals surface area (Å²) in [5.41, 5.74) is 1.32. The quantitative estimate of drug-likeness (QED) is 0.785. The molecule has 1 aromatic rings. The average molecular weight is 367 g/mol. The van der Waals surface area contributed by atoms with Crippen molar-refractivity contribution in [1.82, 2.24) is 4.72 Å². The fourth-order valence-corrected chi connectivity index (χ4v) is 3.30. The Kier molecular flexibility index (Phi) is 5.74. The van der Waals surface area contributed by atoms with Gasteiger partial charge in [0.15, 0.2) is 0 Å². The molecule has 1 unspecified atom stereocenters. The highest BCUT2D eigenvalue weighted by molar-refractivity contribution is 7.90. The van der Waals surface area contributed by atoms with Gasteiger partial charge in [-0.3, -0.25) is 0 Å². The number of nitrogens with one attached hydrogen (secondary N) is 1. The standard InChI is InChI=1S/C18H30BNO4S/c1-13(2)25(21,22)20-12-14(3)15-8-10-16(11-9-15)19-23-17(4,5)18(6,7)24-19/h8-11,13-14,20H,12H2,1-7H3. The first-order valence-corrected chi connectivity index (χ1v) is 10.3. The molecular weight excluding hydrogens is 337 g/mol. The summed E-state index contributed by atoms with van der Waals surface area (Å²) in [4.78, 5) is 0. The normalized spacial score (nSPS) is 20.9. The molecule has 0 saturated carbocycles. The van der Waals surface area contributed by atoms with E-state index in [1.165, 1.54) is 0 Å². The summed E-state index contributed by atoms with van der Waals surface area (Å²) in [6, 6.07) is 8.00. The molecule has 0 aliphatic carbocycles. The number of hydrogen-bond acceptors (Lipinski definition) is 4. The Bertz CT molecular complexity index is 682. The Morgan fingerprint density at radius 3 is 1.92 bits per heavy atom. The van der Waals surface area contributed by atoms with Gasteiger partial charge in [0.1, 0.15) is 0 Å². The molecule has 0 radical (unpaired) electrons. The minimum atomic E-state index is -3.24. The van der Waals surface area contributed by atoms with Crippen molar-refractivity contribution >= 4 is 22.6 Å². The highest BCUT2D eigenvalue weighted by Crippen LogP contribution is 2.36. The van der Waals surface area contributed by atoms with Crippen molar-refractivity contribution in [3.63, 3.8) is 0 Å². The van der Waals surface area contributed by atoms with Crippen LogP contribution in [0.1, 0.15) is 59.9 Å². The number of benzene rings is 1. The molecule has 5 nitrogen and oxygen atoms in total. The minimum Gasteiger partial charge on any atom is -0.399 e. The average Bonchev–Trinajstić information content (AvgIpc) is 2.73. The van der Waals surface area contributed by atoms with Crippen LogP contribution in [-0.4, -0.2) is 38.5 Å². The third-order valence-electron chi connectivity index (χ3n) is 5.24. The first-order chi connectivity index (χ1) is 11.4. The molecule has 0 aromatic heterocycles. The van der Waals surface area contributed by atoms with Crippen LogP contribution >= 0.6 is 0 Å². The maximum Gasteiger partial charge on any atom is 0.494 e. The van der Waals surface area contributed by atoms with Crippen LogP contribution in [0.2, 0.25) is 0 Å². The molecule has 1 fully saturated rings. The van der Waals surface area contributed by atoms with Crippen LogP contribution in [-0.2, 0) is 19.3 Å². The van der Waals surface area contributed by atoms with Crippen molar-refractivity contribution in [2.45, 2.75) is 70.8 Å². The largest absolute Gasteiger partial charge is 0.494 e. The predicted molar refractivity (Wildman–Crippen MR) is 103 cm³/mol. The lowest BCUT2D eigenvalue weighted by atomic mass is 9.78. The van der Waals surface area contributed by atoms with Gasteiger partial charge < -0.3 is 9.31 Å². The number of sulfonamides is 1. The maximum atomic E-state index is 11.9. The molecule has 0 bridgehead atoms. The molecule has 1 aliphatic heterocycles. The zero-order valence-corrected chi connectivity index (χ0v) is 17.1. The van der Waals surface area contributed by atoms with Gasteiger partial charge in [0.05, 0.1) is 16.5 Å². The van der Waals surface area contributed by atoms with Crippen LogP contribution in [0, 0.1) is 0 Å². The van der Waals surface area contributed by atoms with Gasteiger partial charge >= 0.3 is 7.12 Å². The fraction of sp³-hybridized carbons (Fsp3) is 0.667. The third kappa shape index (κ3) is 4.45. The Balaban J connectivity index is 2.03. The molecule has 1 aliphatic rings. The molecule has 7 heteroatoms. The van der Waals surface area contributed by atoms with Crippen molar-refractivity contribution in [2.75, 3.05) is 6.54 Å². The molecule has 0 amide bonds. The van der Waals surface area contributed by atoms with Crippen LogP contribution < -0.4 is 10.2 Å². The van der Waals surface area contributed by atoms with E-state index in [-0.39, 0.29) is 24.2 Å². The van der Waals surface area contributed by atoms with E-state index >= 15 is 0 Å². The summed E-state index contributed by atoms with van der Waals surface area (Å²) in [5.74, 6) is 0.0841. The van der Waals surface area contributed by atoms with E-state index < -0.39 is 15.3 Å². The second-order valence-corrected chi connectivity index (χ2v) is 10.4. The van der Waals surface area contributed by atoms with Gasteiger partial charge in [0.25, 0.3) is 0 Å². The van der Waals surface area contributed by atoms with Gasteiger partial charge in [-0.05, 0) is 58.5 Å². The zero-order valence-electron chi connectivity index (χ0n) is 16.3. The van der Waals surface area contributed by atoms with Crippen molar-refractivity contribution in [3.8, 4) is 0 Å². The monoisotopic (exact) mass is 367 g/mol. The molecule has 1 N–H and O–H groups in total.